The minimum atomic E-state index is -3.12. The number of hydrogen-bond acceptors (Lipinski definition) is 5. The van der Waals surface area contributed by atoms with E-state index in [2.05, 4.69) is 10.2 Å². The fourth-order valence-electron chi connectivity index (χ4n) is 2.76. The lowest BCUT2D eigenvalue weighted by atomic mass is 9.97. The molecule has 1 amide bonds. The van der Waals surface area contributed by atoms with E-state index in [-0.39, 0.29) is 11.8 Å². The largest absolute Gasteiger partial charge is 0.379 e. The Kier molecular flexibility index (Phi) is 5.98. The van der Waals surface area contributed by atoms with E-state index in [1.165, 1.54) is 10.6 Å². The summed E-state index contributed by atoms with van der Waals surface area (Å²) in [6, 6.07) is 0. The van der Waals surface area contributed by atoms with Crippen LogP contribution in [0.25, 0.3) is 0 Å². The molecule has 21 heavy (non-hydrogen) atoms. The first kappa shape index (κ1) is 16.7. The van der Waals surface area contributed by atoms with Gasteiger partial charge in [-0.15, -0.1) is 0 Å². The quantitative estimate of drug-likeness (QED) is 0.711. The zero-order valence-electron chi connectivity index (χ0n) is 12.6. The van der Waals surface area contributed by atoms with Crippen molar-refractivity contribution >= 4 is 15.9 Å². The van der Waals surface area contributed by atoms with Crippen LogP contribution in [0.4, 0.5) is 0 Å². The molecule has 0 aromatic rings. The zero-order chi connectivity index (χ0) is 15.3. The highest BCUT2D eigenvalue weighted by Crippen LogP contribution is 2.19. The molecule has 2 fully saturated rings. The number of carbonyl (C=O) groups excluding carboxylic acids is 1. The predicted octanol–water partition coefficient (Wildman–Crippen LogP) is -0.894. The summed E-state index contributed by atoms with van der Waals surface area (Å²) in [7, 11) is -3.12. The van der Waals surface area contributed by atoms with Crippen molar-refractivity contribution in [3.05, 3.63) is 0 Å². The van der Waals surface area contributed by atoms with Crippen molar-refractivity contribution < 1.29 is 17.9 Å². The van der Waals surface area contributed by atoms with Gasteiger partial charge in [0.05, 0.1) is 19.5 Å². The molecule has 122 valence electrons. The number of nitrogens with one attached hydrogen (secondary N) is 1. The van der Waals surface area contributed by atoms with Crippen LogP contribution in [0.2, 0.25) is 0 Å². The van der Waals surface area contributed by atoms with Gasteiger partial charge in [-0.05, 0) is 12.8 Å². The topological polar surface area (TPSA) is 79.0 Å². The smallest absolute Gasteiger partial charge is 0.223 e. The molecule has 2 aliphatic rings. The zero-order valence-corrected chi connectivity index (χ0v) is 13.4. The number of amides is 1. The minimum Gasteiger partial charge on any atom is -0.379 e. The van der Waals surface area contributed by atoms with Gasteiger partial charge < -0.3 is 10.1 Å². The predicted molar refractivity (Wildman–Crippen MR) is 79.4 cm³/mol. The van der Waals surface area contributed by atoms with Crippen LogP contribution in [0.3, 0.4) is 0 Å². The van der Waals surface area contributed by atoms with E-state index < -0.39 is 10.0 Å². The van der Waals surface area contributed by atoms with E-state index in [0.717, 1.165) is 32.8 Å². The molecule has 7 nitrogen and oxygen atoms in total. The van der Waals surface area contributed by atoms with Crippen LogP contribution in [0.15, 0.2) is 0 Å². The third-order valence-corrected chi connectivity index (χ3v) is 5.43. The van der Waals surface area contributed by atoms with Crippen molar-refractivity contribution in [2.75, 3.05) is 58.7 Å². The molecule has 2 heterocycles. The maximum absolute atomic E-state index is 12.1. The van der Waals surface area contributed by atoms with Crippen molar-refractivity contribution in [2.24, 2.45) is 5.92 Å². The summed E-state index contributed by atoms with van der Waals surface area (Å²) in [6.45, 7) is 5.74. The molecule has 0 unspecified atom stereocenters. The molecule has 0 aromatic carbocycles. The summed E-state index contributed by atoms with van der Waals surface area (Å²) >= 11 is 0. The molecule has 1 N–H and O–H groups in total. The highest BCUT2D eigenvalue weighted by atomic mass is 32.2. The number of rotatable bonds is 5. The number of nitrogens with zero attached hydrogens (tertiary/aromatic N) is 2. The van der Waals surface area contributed by atoms with Crippen LogP contribution in [-0.2, 0) is 19.6 Å². The van der Waals surface area contributed by atoms with Gasteiger partial charge in [0, 0.05) is 45.2 Å². The summed E-state index contributed by atoms with van der Waals surface area (Å²) in [5.41, 5.74) is 0. The van der Waals surface area contributed by atoms with E-state index in [9.17, 15) is 13.2 Å². The second-order valence-electron chi connectivity index (χ2n) is 5.68. The Morgan fingerprint density at radius 1 is 1.19 bits per heavy atom. The van der Waals surface area contributed by atoms with E-state index >= 15 is 0 Å². The molecule has 2 rings (SSSR count). The van der Waals surface area contributed by atoms with Gasteiger partial charge in [0.25, 0.3) is 0 Å². The van der Waals surface area contributed by atoms with E-state index in [1.807, 2.05) is 0 Å². The lowest BCUT2D eigenvalue weighted by Crippen LogP contribution is -2.45. The van der Waals surface area contributed by atoms with Gasteiger partial charge in [0.15, 0.2) is 0 Å². The fourth-order valence-corrected chi connectivity index (χ4v) is 3.63. The highest BCUT2D eigenvalue weighted by Gasteiger charge is 2.28. The molecule has 0 radical (unpaired) electrons. The number of piperidine rings is 1. The molecule has 0 aromatic heterocycles. The summed E-state index contributed by atoms with van der Waals surface area (Å²) in [5.74, 6) is -0.0101. The van der Waals surface area contributed by atoms with Gasteiger partial charge in [0.2, 0.25) is 15.9 Å². The van der Waals surface area contributed by atoms with Crippen molar-refractivity contribution in [2.45, 2.75) is 12.8 Å². The van der Waals surface area contributed by atoms with Crippen LogP contribution in [-0.4, -0.2) is 82.3 Å². The Labute approximate surface area is 126 Å². The standard InChI is InChI=1S/C13H25N3O4S/c1-21(18,19)16-5-2-12(3-6-16)13(17)14-4-7-15-8-10-20-11-9-15/h12H,2-11H2,1H3,(H,14,17). The average Bonchev–Trinajstić information content (AvgIpc) is 2.47. The first-order valence-electron chi connectivity index (χ1n) is 7.50. The Morgan fingerprint density at radius 3 is 2.38 bits per heavy atom. The molecule has 8 heteroatoms. The Balaban J connectivity index is 1.65. The third kappa shape index (κ3) is 5.21. The Morgan fingerprint density at radius 2 is 1.81 bits per heavy atom. The number of ether oxygens (including phenoxy) is 1. The molecular weight excluding hydrogens is 294 g/mol. The van der Waals surface area contributed by atoms with Gasteiger partial charge in [-0.2, -0.15) is 0 Å². The summed E-state index contributed by atoms with van der Waals surface area (Å²) in [6.07, 6.45) is 2.43. The van der Waals surface area contributed by atoms with Crippen LogP contribution in [0.5, 0.6) is 0 Å². The van der Waals surface area contributed by atoms with Gasteiger partial charge in [-0.25, -0.2) is 12.7 Å². The SMILES string of the molecule is CS(=O)(=O)N1CCC(C(=O)NCCN2CCOCC2)CC1. The second kappa shape index (κ2) is 7.53. The van der Waals surface area contributed by atoms with Crippen molar-refractivity contribution in [1.29, 1.82) is 0 Å². The van der Waals surface area contributed by atoms with Crippen LogP contribution in [0.1, 0.15) is 12.8 Å². The van der Waals surface area contributed by atoms with Gasteiger partial charge >= 0.3 is 0 Å². The fraction of sp³-hybridized carbons (Fsp3) is 0.923. The first-order valence-corrected chi connectivity index (χ1v) is 9.34. The molecule has 0 spiro atoms. The number of carbonyl (C=O) groups is 1. The highest BCUT2D eigenvalue weighted by molar-refractivity contribution is 7.88. The van der Waals surface area contributed by atoms with Crippen molar-refractivity contribution in [3.8, 4) is 0 Å². The van der Waals surface area contributed by atoms with Crippen molar-refractivity contribution in [3.63, 3.8) is 0 Å². The normalized spacial score (nSPS) is 23.1. The van der Waals surface area contributed by atoms with E-state index in [1.54, 1.807) is 0 Å². The maximum Gasteiger partial charge on any atom is 0.223 e. The lowest BCUT2D eigenvalue weighted by molar-refractivity contribution is -0.126. The first-order chi connectivity index (χ1) is 9.97. The average molecular weight is 319 g/mol. The van der Waals surface area contributed by atoms with Crippen LogP contribution < -0.4 is 5.32 Å². The van der Waals surface area contributed by atoms with E-state index in [4.69, 9.17) is 4.74 Å². The minimum absolute atomic E-state index is 0.0522. The maximum atomic E-state index is 12.1. The summed E-state index contributed by atoms with van der Waals surface area (Å²) in [5, 5.41) is 2.96. The van der Waals surface area contributed by atoms with Crippen LogP contribution in [0, 0.1) is 5.92 Å². The van der Waals surface area contributed by atoms with Crippen molar-refractivity contribution in [1.82, 2.24) is 14.5 Å². The Bertz CT molecular complexity index is 440. The van der Waals surface area contributed by atoms with Gasteiger partial charge in [0.1, 0.15) is 0 Å². The molecular formula is C13H25N3O4S. The lowest BCUT2D eigenvalue weighted by Gasteiger charge is -2.30. The van der Waals surface area contributed by atoms with Gasteiger partial charge in [-0.3, -0.25) is 9.69 Å². The second-order valence-corrected chi connectivity index (χ2v) is 7.66. The molecule has 0 bridgehead atoms. The molecule has 0 aliphatic carbocycles. The summed E-state index contributed by atoms with van der Waals surface area (Å²) < 4.78 is 29.6. The van der Waals surface area contributed by atoms with Gasteiger partial charge in [-0.1, -0.05) is 0 Å². The monoisotopic (exact) mass is 319 g/mol. The van der Waals surface area contributed by atoms with E-state index in [0.29, 0.717) is 32.5 Å². The Hall–Kier alpha value is -0.700. The molecule has 2 saturated heterocycles. The number of sulfonamides is 1. The van der Waals surface area contributed by atoms with Crippen LogP contribution >= 0.6 is 0 Å². The third-order valence-electron chi connectivity index (χ3n) is 4.12. The molecule has 0 atom stereocenters. The molecule has 2 aliphatic heterocycles. The summed E-state index contributed by atoms with van der Waals surface area (Å²) in [4.78, 5) is 14.3. The molecule has 0 saturated carbocycles. The number of hydrogen-bond donors (Lipinski definition) is 1. The number of morpholine rings is 1.